The maximum atomic E-state index is 13.5. The fraction of sp³-hybridized carbons (Fsp3) is 0.231. The van der Waals surface area contributed by atoms with E-state index in [1.54, 1.807) is 0 Å². The molecule has 0 aliphatic carbocycles. The summed E-state index contributed by atoms with van der Waals surface area (Å²) in [5.74, 6) is 0.365. The van der Waals surface area contributed by atoms with E-state index in [4.69, 9.17) is 4.74 Å². The van der Waals surface area contributed by atoms with Crippen molar-refractivity contribution in [2.45, 2.75) is 34.6 Å². The van der Waals surface area contributed by atoms with E-state index in [-0.39, 0.29) is 5.97 Å². The highest BCUT2D eigenvalue weighted by Gasteiger charge is 2.25. The Morgan fingerprint density at radius 2 is 1.10 bits per heavy atom. The van der Waals surface area contributed by atoms with Gasteiger partial charge in [-0.25, -0.2) is 4.79 Å². The van der Waals surface area contributed by atoms with Gasteiger partial charge in [0.25, 0.3) is 0 Å². The summed E-state index contributed by atoms with van der Waals surface area (Å²) in [7, 11) is 2.03. The van der Waals surface area contributed by atoms with Crippen LogP contribution in [0.4, 0.5) is 0 Å². The number of hydrogen-bond donors (Lipinski definition) is 0. The summed E-state index contributed by atoms with van der Waals surface area (Å²) >= 11 is 0. The van der Waals surface area contributed by atoms with Gasteiger partial charge in [-0.3, -0.25) is 0 Å². The van der Waals surface area contributed by atoms with E-state index in [1.165, 1.54) is 16.7 Å². The SMILES string of the molecule is Cc1c(C)c(C)c(OC(=O)c2c3ccccc3[n+](C)c3ccccc23)c(C)c1C. The van der Waals surface area contributed by atoms with E-state index < -0.39 is 0 Å². The summed E-state index contributed by atoms with van der Waals surface area (Å²) < 4.78 is 8.21. The van der Waals surface area contributed by atoms with Crippen molar-refractivity contribution in [2.24, 2.45) is 7.05 Å². The maximum absolute atomic E-state index is 13.5. The zero-order chi connectivity index (χ0) is 20.9. The number of aryl methyl sites for hydroxylation is 1. The number of fused-ring (bicyclic) bond motifs is 2. The van der Waals surface area contributed by atoms with Gasteiger partial charge in [-0.15, -0.1) is 0 Å². The first-order chi connectivity index (χ1) is 13.8. The first kappa shape index (κ1) is 19.1. The molecule has 3 aromatic carbocycles. The molecule has 0 atom stereocenters. The summed E-state index contributed by atoms with van der Waals surface area (Å²) in [6, 6.07) is 16.0. The Morgan fingerprint density at radius 1 is 0.690 bits per heavy atom. The predicted octanol–water partition coefficient (Wildman–Crippen LogP) is 5.58. The first-order valence-electron chi connectivity index (χ1n) is 9.91. The zero-order valence-corrected chi connectivity index (χ0v) is 17.9. The number of aromatic nitrogens is 1. The quantitative estimate of drug-likeness (QED) is 0.195. The molecular weight excluding hydrogens is 358 g/mol. The highest BCUT2D eigenvalue weighted by molar-refractivity contribution is 6.13. The van der Waals surface area contributed by atoms with Crippen LogP contribution >= 0.6 is 0 Å². The van der Waals surface area contributed by atoms with Crippen molar-refractivity contribution >= 4 is 27.8 Å². The minimum absolute atomic E-state index is 0.313. The van der Waals surface area contributed by atoms with Crippen molar-refractivity contribution in [1.29, 1.82) is 0 Å². The largest absolute Gasteiger partial charge is 0.422 e. The van der Waals surface area contributed by atoms with Crippen LogP contribution in [0.15, 0.2) is 48.5 Å². The third kappa shape index (κ3) is 2.89. The lowest BCUT2D eigenvalue weighted by molar-refractivity contribution is -0.617. The molecule has 0 unspecified atom stereocenters. The number of pyridine rings is 1. The summed E-state index contributed by atoms with van der Waals surface area (Å²) in [5.41, 5.74) is 8.26. The Labute approximate surface area is 171 Å². The van der Waals surface area contributed by atoms with Crippen molar-refractivity contribution in [3.63, 3.8) is 0 Å². The molecule has 3 heteroatoms. The first-order valence-corrected chi connectivity index (χ1v) is 9.91. The Kier molecular flexibility index (Phi) is 4.62. The van der Waals surface area contributed by atoms with Crippen LogP contribution in [-0.2, 0) is 7.05 Å². The summed E-state index contributed by atoms with van der Waals surface area (Å²) in [4.78, 5) is 13.5. The van der Waals surface area contributed by atoms with Crippen molar-refractivity contribution in [3.8, 4) is 5.75 Å². The number of ether oxygens (including phenoxy) is 1. The molecule has 1 aromatic heterocycles. The van der Waals surface area contributed by atoms with Crippen LogP contribution in [0.2, 0.25) is 0 Å². The number of esters is 1. The zero-order valence-electron chi connectivity index (χ0n) is 17.9. The monoisotopic (exact) mass is 384 g/mol. The molecule has 0 fully saturated rings. The fourth-order valence-electron chi connectivity index (χ4n) is 4.21. The van der Waals surface area contributed by atoms with E-state index in [2.05, 4.69) is 25.3 Å². The molecule has 0 aliphatic heterocycles. The van der Waals surface area contributed by atoms with E-state index in [9.17, 15) is 4.79 Å². The van der Waals surface area contributed by atoms with E-state index in [0.717, 1.165) is 32.9 Å². The second-order valence-electron chi connectivity index (χ2n) is 7.81. The number of nitrogens with zero attached hydrogens (tertiary/aromatic N) is 1. The number of carbonyl (C=O) groups is 1. The molecule has 0 saturated heterocycles. The maximum Gasteiger partial charge on any atom is 0.345 e. The molecule has 3 nitrogen and oxygen atoms in total. The van der Waals surface area contributed by atoms with Gasteiger partial charge in [0.2, 0.25) is 11.0 Å². The van der Waals surface area contributed by atoms with Gasteiger partial charge in [0.1, 0.15) is 12.8 Å². The number of carbonyl (C=O) groups excluding carboxylic acids is 1. The van der Waals surface area contributed by atoms with Gasteiger partial charge in [0.05, 0.1) is 16.3 Å². The van der Waals surface area contributed by atoms with Gasteiger partial charge >= 0.3 is 5.97 Å². The second kappa shape index (κ2) is 7.00. The molecule has 29 heavy (non-hydrogen) atoms. The van der Waals surface area contributed by atoms with Gasteiger partial charge in [-0.1, -0.05) is 24.3 Å². The number of para-hydroxylation sites is 2. The van der Waals surface area contributed by atoms with Gasteiger partial charge < -0.3 is 4.74 Å². The molecule has 0 amide bonds. The van der Waals surface area contributed by atoms with Crippen LogP contribution in [0, 0.1) is 34.6 Å². The average Bonchev–Trinajstić information content (AvgIpc) is 2.74. The third-order valence-corrected chi connectivity index (χ3v) is 6.40. The third-order valence-electron chi connectivity index (χ3n) is 6.40. The molecule has 0 N–H and O–H groups in total. The molecule has 4 rings (SSSR count). The Bertz CT molecular complexity index is 1220. The number of benzene rings is 3. The molecule has 146 valence electrons. The minimum Gasteiger partial charge on any atom is -0.422 e. The summed E-state index contributed by atoms with van der Waals surface area (Å²) in [6.45, 7) is 10.3. The number of rotatable bonds is 2. The van der Waals surface area contributed by atoms with Gasteiger partial charge in [-0.2, -0.15) is 4.57 Å². The summed E-state index contributed by atoms with van der Waals surface area (Å²) in [6.07, 6.45) is 0. The fourth-order valence-corrected chi connectivity index (χ4v) is 4.21. The predicted molar refractivity (Wildman–Crippen MR) is 118 cm³/mol. The number of hydrogen-bond acceptors (Lipinski definition) is 2. The lowest BCUT2D eigenvalue weighted by Crippen LogP contribution is -2.31. The van der Waals surface area contributed by atoms with Gasteiger partial charge in [-0.05, 0) is 74.6 Å². The molecule has 0 aliphatic rings. The normalized spacial score (nSPS) is 11.2. The highest BCUT2D eigenvalue weighted by Crippen LogP contribution is 2.34. The second-order valence-corrected chi connectivity index (χ2v) is 7.81. The smallest absolute Gasteiger partial charge is 0.345 e. The van der Waals surface area contributed by atoms with Crippen molar-refractivity contribution < 1.29 is 14.1 Å². The van der Waals surface area contributed by atoms with E-state index in [1.807, 2.05) is 69.4 Å². The molecule has 0 radical (unpaired) electrons. The summed E-state index contributed by atoms with van der Waals surface area (Å²) in [5, 5.41) is 1.80. The van der Waals surface area contributed by atoms with Crippen molar-refractivity contribution in [2.75, 3.05) is 0 Å². The van der Waals surface area contributed by atoms with Crippen LogP contribution in [-0.4, -0.2) is 5.97 Å². The van der Waals surface area contributed by atoms with Crippen LogP contribution < -0.4 is 9.30 Å². The standard InChI is InChI=1S/C26H26NO2/c1-15-16(2)18(4)25(19(5)17(15)3)29-26(28)24-20-11-7-9-13-22(20)27(6)23-14-10-8-12-21(23)24/h7-14H,1-6H3/q+1. The highest BCUT2D eigenvalue weighted by atomic mass is 16.5. The lowest BCUT2D eigenvalue weighted by Gasteiger charge is -2.18. The molecule has 0 saturated carbocycles. The van der Waals surface area contributed by atoms with E-state index >= 15 is 0 Å². The molecule has 0 spiro atoms. The average molecular weight is 384 g/mol. The minimum atomic E-state index is -0.313. The topological polar surface area (TPSA) is 30.2 Å². The van der Waals surface area contributed by atoms with Crippen LogP contribution in [0.1, 0.15) is 38.2 Å². The van der Waals surface area contributed by atoms with Crippen LogP contribution in [0.25, 0.3) is 21.8 Å². The molecular formula is C26H26NO2+. The van der Waals surface area contributed by atoms with Gasteiger partial charge in [0, 0.05) is 12.1 Å². The van der Waals surface area contributed by atoms with Crippen molar-refractivity contribution in [3.05, 3.63) is 81.9 Å². The van der Waals surface area contributed by atoms with E-state index in [0.29, 0.717) is 11.3 Å². The van der Waals surface area contributed by atoms with Gasteiger partial charge in [0.15, 0.2) is 0 Å². The molecule has 1 heterocycles. The Balaban J connectivity index is 1.97. The van der Waals surface area contributed by atoms with Crippen molar-refractivity contribution in [1.82, 2.24) is 0 Å². The molecule has 4 aromatic rings. The lowest BCUT2D eigenvalue weighted by atomic mass is 9.94. The Morgan fingerprint density at radius 3 is 1.59 bits per heavy atom. The molecule has 0 bridgehead atoms. The Hall–Kier alpha value is -3.20. The van der Waals surface area contributed by atoms with Crippen LogP contribution in [0.3, 0.4) is 0 Å². The van der Waals surface area contributed by atoms with Crippen LogP contribution in [0.5, 0.6) is 5.75 Å².